The average Bonchev–Trinajstić information content (AvgIpc) is 2.26. The van der Waals surface area contributed by atoms with Crippen LogP contribution in [0, 0.1) is 0 Å². The predicted molar refractivity (Wildman–Crippen MR) is 52.8 cm³/mol. The van der Waals surface area contributed by atoms with Crippen LogP contribution in [0.1, 0.15) is 11.7 Å². The number of aliphatic hydroxyl groups excluding tert-OH is 1. The smallest absolute Gasteiger partial charge is 0.379 e. The molecule has 2 aromatic rings. The third kappa shape index (κ3) is 1.86. The largest absolute Gasteiger partial charge is 0.418 e. The molecule has 0 spiro atoms. The molecule has 1 aromatic carbocycles. The second-order valence-electron chi connectivity index (χ2n) is 3.39. The van der Waals surface area contributed by atoms with Crippen molar-refractivity contribution in [3.63, 3.8) is 0 Å². The lowest BCUT2D eigenvalue weighted by atomic mass is 10.0. The number of nitrogens with zero attached hydrogens (tertiary/aromatic N) is 1. The number of pyridine rings is 1. The van der Waals surface area contributed by atoms with E-state index in [0.717, 1.165) is 0 Å². The molecule has 1 atom stereocenters. The van der Waals surface area contributed by atoms with Gasteiger partial charge in [0.15, 0.2) is 6.10 Å². The summed E-state index contributed by atoms with van der Waals surface area (Å²) in [6.45, 7) is 0. The number of halogens is 3. The van der Waals surface area contributed by atoms with Gasteiger partial charge in [0.25, 0.3) is 0 Å². The topological polar surface area (TPSA) is 33.1 Å². The fourth-order valence-electron chi connectivity index (χ4n) is 1.55. The summed E-state index contributed by atoms with van der Waals surface area (Å²) in [6, 6.07) is 6.00. The summed E-state index contributed by atoms with van der Waals surface area (Å²) >= 11 is 0. The Balaban J connectivity index is 2.61. The maximum atomic E-state index is 12.4. The van der Waals surface area contributed by atoms with Gasteiger partial charge in [-0.3, -0.25) is 4.98 Å². The molecule has 1 heterocycles. The molecule has 1 aromatic heterocycles. The van der Waals surface area contributed by atoms with E-state index in [0.29, 0.717) is 10.8 Å². The Kier molecular flexibility index (Phi) is 2.55. The maximum absolute atomic E-state index is 12.4. The number of hydrogen-bond donors (Lipinski definition) is 1. The molecule has 5 heteroatoms. The van der Waals surface area contributed by atoms with Crippen molar-refractivity contribution in [3.8, 4) is 0 Å². The molecule has 0 aliphatic heterocycles. The highest BCUT2D eigenvalue weighted by molar-refractivity contribution is 5.85. The third-order valence-electron chi connectivity index (χ3n) is 2.32. The highest BCUT2D eigenvalue weighted by atomic mass is 19.4. The van der Waals surface area contributed by atoms with Crippen LogP contribution in [0.2, 0.25) is 0 Å². The van der Waals surface area contributed by atoms with Crippen molar-refractivity contribution in [3.05, 3.63) is 42.2 Å². The Bertz CT molecular complexity index is 505. The van der Waals surface area contributed by atoms with E-state index in [1.54, 1.807) is 12.1 Å². The highest BCUT2D eigenvalue weighted by Gasteiger charge is 2.40. The van der Waals surface area contributed by atoms with Crippen LogP contribution in [0.3, 0.4) is 0 Å². The molecule has 1 N–H and O–H groups in total. The van der Waals surface area contributed by atoms with E-state index in [-0.39, 0.29) is 5.56 Å². The lowest BCUT2D eigenvalue weighted by Crippen LogP contribution is -2.20. The van der Waals surface area contributed by atoms with E-state index in [1.807, 2.05) is 0 Å². The fourth-order valence-corrected chi connectivity index (χ4v) is 1.55. The number of rotatable bonds is 1. The Morgan fingerprint density at radius 1 is 1.19 bits per heavy atom. The minimum absolute atomic E-state index is 0.168. The van der Waals surface area contributed by atoms with Crippen LogP contribution in [-0.4, -0.2) is 16.3 Å². The summed E-state index contributed by atoms with van der Waals surface area (Å²) in [5, 5.41) is 10.1. The Hall–Kier alpha value is -1.62. The van der Waals surface area contributed by atoms with Crippen LogP contribution in [0.25, 0.3) is 10.8 Å². The standard InChI is InChI=1S/C11H8F3NO/c12-11(13,14)10(16)8-3-1-2-7-4-5-15-6-9(7)8/h1-6,10,16H. The van der Waals surface area contributed by atoms with E-state index in [1.165, 1.54) is 24.5 Å². The van der Waals surface area contributed by atoms with E-state index in [2.05, 4.69) is 4.98 Å². The first-order chi connectivity index (χ1) is 7.50. The van der Waals surface area contributed by atoms with Gasteiger partial charge in [0, 0.05) is 17.8 Å². The summed E-state index contributed by atoms with van der Waals surface area (Å²) in [5.41, 5.74) is -0.168. The van der Waals surface area contributed by atoms with Gasteiger partial charge in [0.1, 0.15) is 0 Å². The summed E-state index contributed by atoms with van der Waals surface area (Å²) in [5.74, 6) is 0. The predicted octanol–water partition coefficient (Wildman–Crippen LogP) is 2.83. The summed E-state index contributed by atoms with van der Waals surface area (Å²) in [6.07, 6.45) is -4.32. The second kappa shape index (κ2) is 3.75. The number of fused-ring (bicyclic) bond motifs is 1. The van der Waals surface area contributed by atoms with Gasteiger partial charge in [0.05, 0.1) is 0 Å². The van der Waals surface area contributed by atoms with Crippen LogP contribution in [0.5, 0.6) is 0 Å². The van der Waals surface area contributed by atoms with Crippen LogP contribution in [0.15, 0.2) is 36.7 Å². The van der Waals surface area contributed by atoms with E-state index in [9.17, 15) is 18.3 Å². The monoisotopic (exact) mass is 227 g/mol. The zero-order valence-corrected chi connectivity index (χ0v) is 8.07. The zero-order chi connectivity index (χ0) is 11.8. The van der Waals surface area contributed by atoms with Crippen LogP contribution < -0.4 is 0 Å². The molecular weight excluding hydrogens is 219 g/mol. The van der Waals surface area contributed by atoms with Crippen molar-refractivity contribution < 1.29 is 18.3 Å². The SMILES string of the molecule is OC(c1cccc2ccncc12)C(F)(F)F. The fraction of sp³-hybridized carbons (Fsp3) is 0.182. The maximum Gasteiger partial charge on any atom is 0.418 e. The first-order valence-corrected chi connectivity index (χ1v) is 4.57. The van der Waals surface area contributed by atoms with Crippen LogP contribution >= 0.6 is 0 Å². The van der Waals surface area contributed by atoms with E-state index < -0.39 is 12.3 Å². The number of aromatic nitrogens is 1. The van der Waals surface area contributed by atoms with Gasteiger partial charge in [-0.05, 0) is 17.0 Å². The molecule has 2 nitrogen and oxygen atoms in total. The summed E-state index contributed by atoms with van der Waals surface area (Å²) in [4.78, 5) is 3.76. The first kappa shape index (κ1) is 10.9. The Morgan fingerprint density at radius 3 is 2.62 bits per heavy atom. The molecule has 0 fully saturated rings. The van der Waals surface area contributed by atoms with Crippen molar-refractivity contribution in [1.29, 1.82) is 0 Å². The molecule has 1 unspecified atom stereocenters. The van der Waals surface area contributed by atoms with Crippen molar-refractivity contribution in [2.75, 3.05) is 0 Å². The summed E-state index contributed by atoms with van der Waals surface area (Å²) in [7, 11) is 0. The lowest BCUT2D eigenvalue weighted by molar-refractivity contribution is -0.206. The molecule has 84 valence electrons. The molecule has 0 aliphatic rings. The third-order valence-corrected chi connectivity index (χ3v) is 2.32. The Morgan fingerprint density at radius 2 is 1.94 bits per heavy atom. The molecule has 0 saturated heterocycles. The molecule has 0 bridgehead atoms. The average molecular weight is 227 g/mol. The lowest BCUT2D eigenvalue weighted by Gasteiger charge is -2.16. The molecule has 2 rings (SSSR count). The quantitative estimate of drug-likeness (QED) is 0.812. The molecule has 0 amide bonds. The van der Waals surface area contributed by atoms with Crippen molar-refractivity contribution in [1.82, 2.24) is 4.98 Å². The number of alkyl halides is 3. The molecule has 16 heavy (non-hydrogen) atoms. The second-order valence-corrected chi connectivity index (χ2v) is 3.39. The van der Waals surface area contributed by atoms with E-state index >= 15 is 0 Å². The van der Waals surface area contributed by atoms with Crippen molar-refractivity contribution in [2.45, 2.75) is 12.3 Å². The van der Waals surface area contributed by atoms with E-state index in [4.69, 9.17) is 0 Å². The van der Waals surface area contributed by atoms with Crippen LogP contribution in [0.4, 0.5) is 13.2 Å². The first-order valence-electron chi connectivity index (χ1n) is 4.57. The molecule has 0 radical (unpaired) electrons. The normalized spacial score (nSPS) is 14.0. The zero-order valence-electron chi connectivity index (χ0n) is 8.07. The van der Waals surface area contributed by atoms with Gasteiger partial charge < -0.3 is 5.11 Å². The minimum Gasteiger partial charge on any atom is -0.379 e. The van der Waals surface area contributed by atoms with Gasteiger partial charge >= 0.3 is 6.18 Å². The summed E-state index contributed by atoms with van der Waals surface area (Å²) < 4.78 is 37.2. The minimum atomic E-state index is -4.66. The molecule has 0 saturated carbocycles. The van der Waals surface area contributed by atoms with Crippen molar-refractivity contribution in [2.24, 2.45) is 0 Å². The number of benzene rings is 1. The molecular formula is C11H8F3NO. The number of aliphatic hydroxyl groups is 1. The van der Waals surface area contributed by atoms with Gasteiger partial charge in [0.2, 0.25) is 0 Å². The highest BCUT2D eigenvalue weighted by Crippen LogP contribution is 2.35. The number of hydrogen-bond acceptors (Lipinski definition) is 2. The van der Waals surface area contributed by atoms with Gasteiger partial charge in [-0.15, -0.1) is 0 Å². The van der Waals surface area contributed by atoms with Crippen molar-refractivity contribution >= 4 is 10.8 Å². The van der Waals surface area contributed by atoms with Gasteiger partial charge in [-0.1, -0.05) is 18.2 Å². The van der Waals surface area contributed by atoms with Gasteiger partial charge in [-0.25, -0.2) is 0 Å². The van der Waals surface area contributed by atoms with Gasteiger partial charge in [-0.2, -0.15) is 13.2 Å². The van der Waals surface area contributed by atoms with Crippen LogP contribution in [-0.2, 0) is 0 Å². The molecule has 0 aliphatic carbocycles. The Labute approximate surface area is 89.4 Å².